The van der Waals surface area contributed by atoms with Crippen LogP contribution in [0.1, 0.15) is 21.7 Å². The Labute approximate surface area is 118 Å². The molecule has 4 nitrogen and oxygen atoms in total. The number of amides is 1. The van der Waals surface area contributed by atoms with E-state index < -0.39 is 0 Å². The number of fused-ring (bicyclic) bond motifs is 1. The number of benzene rings is 1. The van der Waals surface area contributed by atoms with Gasteiger partial charge in [-0.15, -0.1) is 0 Å². The van der Waals surface area contributed by atoms with Gasteiger partial charge in [-0.1, -0.05) is 24.3 Å². The Hall–Kier alpha value is -2.07. The van der Waals surface area contributed by atoms with Gasteiger partial charge in [0.15, 0.2) is 5.76 Å². The number of carbonyl (C=O) groups excluding carboxylic acids is 1. The molecule has 2 aromatic rings. The van der Waals surface area contributed by atoms with E-state index >= 15 is 0 Å². The number of carbonyl (C=O) groups is 1. The van der Waals surface area contributed by atoms with Crippen LogP contribution in [0, 0.1) is 0 Å². The van der Waals surface area contributed by atoms with Gasteiger partial charge in [0.2, 0.25) is 0 Å². The molecule has 1 aliphatic heterocycles. The first-order valence-electron chi connectivity index (χ1n) is 6.71. The fourth-order valence-corrected chi connectivity index (χ4v) is 2.50. The van der Waals surface area contributed by atoms with E-state index in [4.69, 9.17) is 9.15 Å². The normalized spacial score (nSPS) is 17.6. The smallest absolute Gasteiger partial charge is 0.289 e. The van der Waals surface area contributed by atoms with Gasteiger partial charge < -0.3 is 14.1 Å². The van der Waals surface area contributed by atoms with Gasteiger partial charge in [-0.25, -0.2) is 0 Å². The molecule has 0 saturated carbocycles. The maximum Gasteiger partial charge on any atom is 0.289 e. The van der Waals surface area contributed by atoms with Gasteiger partial charge in [0, 0.05) is 20.0 Å². The monoisotopic (exact) mass is 271 g/mol. The maximum absolute atomic E-state index is 12.1. The molecule has 0 spiro atoms. The number of likely N-dealkylation sites (N-methyl/N-ethyl adjacent to an activating group) is 1. The summed E-state index contributed by atoms with van der Waals surface area (Å²) in [4.78, 5) is 13.8. The minimum Gasteiger partial charge on any atom is -0.459 e. The summed E-state index contributed by atoms with van der Waals surface area (Å²) in [6.45, 7) is 1.18. The molecule has 104 valence electrons. The van der Waals surface area contributed by atoms with E-state index in [9.17, 15) is 4.79 Å². The second-order valence-corrected chi connectivity index (χ2v) is 5.07. The zero-order valence-electron chi connectivity index (χ0n) is 11.4. The molecule has 0 saturated heterocycles. The van der Waals surface area contributed by atoms with Crippen LogP contribution in [0.5, 0.6) is 0 Å². The fourth-order valence-electron chi connectivity index (χ4n) is 2.50. The van der Waals surface area contributed by atoms with Crippen molar-refractivity contribution in [2.45, 2.75) is 19.1 Å². The summed E-state index contributed by atoms with van der Waals surface area (Å²) < 4.78 is 10.9. The molecule has 1 aliphatic rings. The molecule has 1 aromatic carbocycles. The minimum absolute atomic E-state index is 0.0359. The highest BCUT2D eigenvalue weighted by Crippen LogP contribution is 2.21. The Morgan fingerprint density at radius 3 is 2.80 bits per heavy atom. The highest BCUT2D eigenvalue weighted by molar-refractivity contribution is 5.91. The van der Waals surface area contributed by atoms with Crippen molar-refractivity contribution in [3.63, 3.8) is 0 Å². The molecule has 0 unspecified atom stereocenters. The van der Waals surface area contributed by atoms with Crippen LogP contribution in [0.25, 0.3) is 0 Å². The van der Waals surface area contributed by atoms with Crippen molar-refractivity contribution in [2.75, 3.05) is 13.6 Å². The van der Waals surface area contributed by atoms with Crippen molar-refractivity contribution in [2.24, 2.45) is 0 Å². The van der Waals surface area contributed by atoms with Gasteiger partial charge in [-0.3, -0.25) is 4.79 Å². The van der Waals surface area contributed by atoms with Gasteiger partial charge in [0.25, 0.3) is 5.91 Å². The SMILES string of the molecule is CN(C[C@@H]1Cc2ccccc2CO1)C(=O)c1ccco1. The van der Waals surface area contributed by atoms with Gasteiger partial charge in [-0.05, 0) is 23.3 Å². The molecule has 0 N–H and O–H groups in total. The Balaban J connectivity index is 1.63. The molecule has 3 rings (SSSR count). The molecule has 4 heteroatoms. The fraction of sp³-hybridized carbons (Fsp3) is 0.312. The van der Waals surface area contributed by atoms with E-state index in [1.807, 2.05) is 12.1 Å². The van der Waals surface area contributed by atoms with Crippen molar-refractivity contribution in [3.8, 4) is 0 Å². The summed E-state index contributed by atoms with van der Waals surface area (Å²) in [6.07, 6.45) is 2.38. The van der Waals surface area contributed by atoms with Crippen LogP contribution in [-0.4, -0.2) is 30.5 Å². The zero-order valence-corrected chi connectivity index (χ0v) is 11.4. The zero-order chi connectivity index (χ0) is 13.9. The third-order valence-electron chi connectivity index (χ3n) is 3.60. The number of hydrogen-bond acceptors (Lipinski definition) is 3. The molecular weight excluding hydrogens is 254 g/mol. The lowest BCUT2D eigenvalue weighted by molar-refractivity contribution is 0.00920. The summed E-state index contributed by atoms with van der Waals surface area (Å²) in [6, 6.07) is 11.7. The number of nitrogens with zero attached hydrogens (tertiary/aromatic N) is 1. The van der Waals surface area contributed by atoms with Crippen LogP contribution in [0.3, 0.4) is 0 Å². The van der Waals surface area contributed by atoms with Crippen molar-refractivity contribution in [3.05, 3.63) is 59.5 Å². The van der Waals surface area contributed by atoms with E-state index in [1.54, 1.807) is 24.1 Å². The van der Waals surface area contributed by atoms with Gasteiger partial charge >= 0.3 is 0 Å². The van der Waals surface area contributed by atoms with Crippen molar-refractivity contribution >= 4 is 5.91 Å². The number of rotatable bonds is 3. The lowest BCUT2D eigenvalue weighted by atomic mass is 9.99. The highest BCUT2D eigenvalue weighted by atomic mass is 16.5. The molecule has 0 bridgehead atoms. The van der Waals surface area contributed by atoms with E-state index in [0.29, 0.717) is 18.9 Å². The van der Waals surface area contributed by atoms with E-state index in [2.05, 4.69) is 12.1 Å². The molecule has 1 atom stereocenters. The lowest BCUT2D eigenvalue weighted by Crippen LogP contribution is -2.38. The standard InChI is InChI=1S/C16H17NO3/c1-17(16(18)15-7-4-8-19-15)10-14-9-12-5-2-3-6-13(12)11-20-14/h2-8,14H,9-11H2,1H3/t14-/m0/s1. The van der Waals surface area contributed by atoms with Gasteiger partial charge in [-0.2, -0.15) is 0 Å². The first kappa shape index (κ1) is 12.9. The molecule has 1 amide bonds. The minimum atomic E-state index is -0.113. The van der Waals surface area contributed by atoms with E-state index in [1.165, 1.54) is 17.4 Å². The third-order valence-corrected chi connectivity index (χ3v) is 3.60. The highest BCUT2D eigenvalue weighted by Gasteiger charge is 2.23. The predicted molar refractivity (Wildman–Crippen MR) is 74.4 cm³/mol. The molecule has 0 fully saturated rings. The quantitative estimate of drug-likeness (QED) is 0.861. The van der Waals surface area contributed by atoms with Crippen LogP contribution >= 0.6 is 0 Å². The lowest BCUT2D eigenvalue weighted by Gasteiger charge is -2.28. The van der Waals surface area contributed by atoms with Crippen LogP contribution in [0.2, 0.25) is 0 Å². The number of ether oxygens (including phenoxy) is 1. The summed E-state index contributed by atoms with van der Waals surface area (Å²) in [5.41, 5.74) is 2.55. The number of hydrogen-bond donors (Lipinski definition) is 0. The van der Waals surface area contributed by atoms with Crippen molar-refractivity contribution in [1.29, 1.82) is 0 Å². The first-order valence-corrected chi connectivity index (χ1v) is 6.71. The summed E-state index contributed by atoms with van der Waals surface area (Å²) in [7, 11) is 1.77. The van der Waals surface area contributed by atoms with Crippen LogP contribution < -0.4 is 0 Å². The van der Waals surface area contributed by atoms with Crippen molar-refractivity contribution in [1.82, 2.24) is 4.90 Å². The Bertz CT molecular complexity index is 592. The van der Waals surface area contributed by atoms with Crippen LogP contribution in [0.15, 0.2) is 47.1 Å². The average Bonchev–Trinajstić information content (AvgIpc) is 3.00. The third kappa shape index (κ3) is 2.60. The summed E-state index contributed by atoms with van der Waals surface area (Å²) >= 11 is 0. The maximum atomic E-state index is 12.1. The topological polar surface area (TPSA) is 42.7 Å². The second-order valence-electron chi connectivity index (χ2n) is 5.07. The Morgan fingerprint density at radius 1 is 1.25 bits per heavy atom. The van der Waals surface area contributed by atoms with E-state index in [-0.39, 0.29) is 12.0 Å². The molecule has 0 aliphatic carbocycles. The van der Waals surface area contributed by atoms with Crippen LogP contribution in [-0.2, 0) is 17.8 Å². The summed E-state index contributed by atoms with van der Waals surface area (Å²) in [5, 5.41) is 0. The van der Waals surface area contributed by atoms with Gasteiger partial charge in [0.1, 0.15) is 0 Å². The molecule has 2 heterocycles. The summed E-state index contributed by atoms with van der Waals surface area (Å²) in [5.74, 6) is 0.251. The predicted octanol–water partition coefficient (Wildman–Crippen LogP) is 2.49. The molecular formula is C16H17NO3. The van der Waals surface area contributed by atoms with E-state index in [0.717, 1.165) is 6.42 Å². The Morgan fingerprint density at radius 2 is 2.05 bits per heavy atom. The second kappa shape index (κ2) is 5.51. The molecule has 0 radical (unpaired) electrons. The number of furan rings is 1. The Kier molecular flexibility index (Phi) is 3.56. The molecule has 1 aromatic heterocycles. The largest absolute Gasteiger partial charge is 0.459 e. The van der Waals surface area contributed by atoms with Gasteiger partial charge in [0.05, 0.1) is 19.0 Å². The average molecular weight is 271 g/mol. The van der Waals surface area contributed by atoms with Crippen LogP contribution in [0.4, 0.5) is 0 Å². The molecule has 20 heavy (non-hydrogen) atoms. The first-order chi connectivity index (χ1) is 9.74. The van der Waals surface area contributed by atoms with Crippen molar-refractivity contribution < 1.29 is 13.9 Å².